The van der Waals surface area contributed by atoms with Gasteiger partial charge in [-0.3, -0.25) is 0 Å². The van der Waals surface area contributed by atoms with Gasteiger partial charge in [0.1, 0.15) is 11.6 Å². The van der Waals surface area contributed by atoms with E-state index in [2.05, 4.69) is 19.9 Å². The maximum Gasteiger partial charge on any atom is 0.127 e. The topological polar surface area (TPSA) is 9.23 Å². The average Bonchev–Trinajstić information content (AvgIpc) is 2.46. The Hall–Kier alpha value is -1.83. The molecule has 0 aliphatic rings. The summed E-state index contributed by atoms with van der Waals surface area (Å²) >= 11 is 0. The first-order chi connectivity index (χ1) is 9.93. The molecule has 0 fully saturated rings. The number of ether oxygens (including phenoxy) is 1. The van der Waals surface area contributed by atoms with E-state index in [1.165, 1.54) is 0 Å². The maximum atomic E-state index is 14.5. The van der Waals surface area contributed by atoms with E-state index in [9.17, 15) is 4.39 Å². The Morgan fingerprint density at radius 1 is 0.857 bits per heavy atom. The Kier molecular flexibility index (Phi) is 4.66. The number of halogens is 1. The molecule has 0 atom stereocenters. The summed E-state index contributed by atoms with van der Waals surface area (Å²) in [5.41, 5.74) is 3.85. The maximum absolute atomic E-state index is 14.5. The van der Waals surface area contributed by atoms with Crippen molar-refractivity contribution in [2.24, 2.45) is 0 Å². The largest absolute Gasteiger partial charge is 0.497 e. The van der Waals surface area contributed by atoms with Crippen LogP contribution in [0.4, 0.5) is 4.39 Å². The molecule has 0 amide bonds. The zero-order valence-electron chi connectivity index (χ0n) is 13.4. The van der Waals surface area contributed by atoms with Crippen molar-refractivity contribution in [3.8, 4) is 16.9 Å². The highest BCUT2D eigenvalue weighted by molar-refractivity contribution is 5.66. The van der Waals surface area contributed by atoms with Gasteiger partial charge in [-0.05, 0) is 52.3 Å². The smallest absolute Gasteiger partial charge is 0.127 e. The van der Waals surface area contributed by atoms with Crippen molar-refractivity contribution in [3.05, 3.63) is 53.3 Å². The fraction of sp³-hybridized carbons (Fsp3) is 0.368. The van der Waals surface area contributed by atoms with Crippen LogP contribution in [0.2, 0.25) is 0 Å². The van der Waals surface area contributed by atoms with Crippen LogP contribution in [0.3, 0.4) is 0 Å². The second-order valence-electron chi connectivity index (χ2n) is 6.00. The lowest BCUT2D eigenvalue weighted by Gasteiger charge is -2.19. The summed E-state index contributed by atoms with van der Waals surface area (Å²) in [5.74, 6) is 1.19. The van der Waals surface area contributed by atoms with Crippen LogP contribution in [0, 0.1) is 5.82 Å². The van der Waals surface area contributed by atoms with Crippen LogP contribution in [-0.2, 0) is 0 Å². The van der Waals surface area contributed by atoms with E-state index in [0.717, 1.165) is 28.0 Å². The fourth-order valence-electron chi connectivity index (χ4n) is 2.68. The van der Waals surface area contributed by atoms with Gasteiger partial charge in [-0.2, -0.15) is 0 Å². The van der Waals surface area contributed by atoms with Crippen LogP contribution in [0.25, 0.3) is 11.1 Å². The Morgan fingerprint density at radius 3 is 1.95 bits per heavy atom. The van der Waals surface area contributed by atoms with E-state index < -0.39 is 0 Å². The molecule has 0 radical (unpaired) electrons. The zero-order chi connectivity index (χ0) is 15.6. The molecule has 0 saturated carbocycles. The average molecular weight is 286 g/mol. The molecule has 112 valence electrons. The van der Waals surface area contributed by atoms with Gasteiger partial charge in [0.25, 0.3) is 0 Å². The van der Waals surface area contributed by atoms with Crippen LogP contribution >= 0.6 is 0 Å². The van der Waals surface area contributed by atoms with Gasteiger partial charge >= 0.3 is 0 Å². The van der Waals surface area contributed by atoms with Crippen molar-refractivity contribution in [1.29, 1.82) is 0 Å². The van der Waals surface area contributed by atoms with Crippen molar-refractivity contribution >= 4 is 0 Å². The minimum absolute atomic E-state index is 0.109. The first kappa shape index (κ1) is 15.6. The number of hydrogen-bond acceptors (Lipinski definition) is 1. The van der Waals surface area contributed by atoms with E-state index in [0.29, 0.717) is 5.92 Å². The summed E-state index contributed by atoms with van der Waals surface area (Å²) in [5, 5.41) is 0. The lowest BCUT2D eigenvalue weighted by Crippen LogP contribution is -2.03. The van der Waals surface area contributed by atoms with E-state index in [1.54, 1.807) is 13.2 Å². The molecule has 2 heteroatoms. The molecule has 21 heavy (non-hydrogen) atoms. The summed E-state index contributed by atoms with van der Waals surface area (Å²) in [4.78, 5) is 0. The second kappa shape index (κ2) is 6.30. The summed E-state index contributed by atoms with van der Waals surface area (Å²) in [6.07, 6.45) is 0. The van der Waals surface area contributed by atoms with Gasteiger partial charge in [0.2, 0.25) is 0 Å². The Labute approximate surface area is 126 Å². The fourth-order valence-corrected chi connectivity index (χ4v) is 2.68. The van der Waals surface area contributed by atoms with Crippen LogP contribution in [0.15, 0.2) is 36.4 Å². The van der Waals surface area contributed by atoms with Crippen molar-refractivity contribution in [1.82, 2.24) is 0 Å². The van der Waals surface area contributed by atoms with Crippen molar-refractivity contribution in [2.75, 3.05) is 7.11 Å². The molecule has 2 aromatic rings. The molecule has 0 bridgehead atoms. The predicted molar refractivity (Wildman–Crippen MR) is 86.6 cm³/mol. The highest BCUT2D eigenvalue weighted by Gasteiger charge is 2.17. The van der Waals surface area contributed by atoms with Gasteiger partial charge in [0.05, 0.1) is 7.11 Å². The lowest BCUT2D eigenvalue weighted by molar-refractivity contribution is 0.415. The van der Waals surface area contributed by atoms with Gasteiger partial charge in [0.15, 0.2) is 0 Å². The molecule has 0 unspecified atom stereocenters. The minimum Gasteiger partial charge on any atom is -0.497 e. The Bertz CT molecular complexity index is 612. The quantitative estimate of drug-likeness (QED) is 0.695. The molecule has 0 heterocycles. The predicted octanol–water partition coefficient (Wildman–Crippen LogP) is 5.75. The molecule has 2 rings (SSSR count). The van der Waals surface area contributed by atoms with Gasteiger partial charge in [-0.15, -0.1) is 0 Å². The minimum atomic E-state index is -0.109. The van der Waals surface area contributed by atoms with E-state index in [4.69, 9.17) is 4.74 Å². The molecule has 0 spiro atoms. The molecular weight excluding hydrogens is 263 g/mol. The van der Waals surface area contributed by atoms with Crippen LogP contribution in [0.1, 0.15) is 50.7 Å². The summed E-state index contributed by atoms with van der Waals surface area (Å²) in [6, 6.07) is 11.5. The Morgan fingerprint density at radius 2 is 1.48 bits per heavy atom. The standard InChI is InChI=1S/C19H23FO/c1-12(2)17-10-15(11-18(20)19(17)13(3)4)14-6-8-16(21-5)9-7-14/h6-13H,1-5H3. The van der Waals surface area contributed by atoms with Crippen LogP contribution in [0.5, 0.6) is 5.75 Å². The third-order valence-electron chi connectivity index (χ3n) is 3.78. The molecule has 0 saturated heterocycles. The molecule has 2 aromatic carbocycles. The summed E-state index contributed by atoms with van der Waals surface area (Å²) in [7, 11) is 1.64. The summed E-state index contributed by atoms with van der Waals surface area (Å²) < 4.78 is 19.7. The molecular formula is C19H23FO. The van der Waals surface area contributed by atoms with Crippen molar-refractivity contribution in [3.63, 3.8) is 0 Å². The number of methoxy groups -OCH3 is 1. The van der Waals surface area contributed by atoms with Crippen LogP contribution < -0.4 is 4.74 Å². The second-order valence-corrected chi connectivity index (χ2v) is 6.00. The molecule has 0 aliphatic carbocycles. The Balaban J connectivity index is 2.54. The number of hydrogen-bond donors (Lipinski definition) is 0. The van der Waals surface area contributed by atoms with E-state index in [-0.39, 0.29) is 11.7 Å². The highest BCUT2D eigenvalue weighted by Crippen LogP contribution is 2.33. The van der Waals surface area contributed by atoms with Crippen molar-refractivity contribution < 1.29 is 9.13 Å². The molecule has 0 aliphatic heterocycles. The third-order valence-corrected chi connectivity index (χ3v) is 3.78. The van der Waals surface area contributed by atoms with Crippen LogP contribution in [-0.4, -0.2) is 7.11 Å². The zero-order valence-corrected chi connectivity index (χ0v) is 13.4. The van der Waals surface area contributed by atoms with Gasteiger partial charge < -0.3 is 4.74 Å². The molecule has 0 aromatic heterocycles. The molecule has 1 nitrogen and oxygen atoms in total. The van der Waals surface area contributed by atoms with E-state index in [1.807, 2.05) is 38.1 Å². The number of benzene rings is 2. The first-order valence-corrected chi connectivity index (χ1v) is 7.41. The lowest BCUT2D eigenvalue weighted by atomic mass is 9.87. The SMILES string of the molecule is COc1ccc(-c2cc(F)c(C(C)C)c(C(C)C)c2)cc1. The normalized spacial score (nSPS) is 11.2. The third kappa shape index (κ3) is 3.26. The monoisotopic (exact) mass is 286 g/mol. The number of rotatable bonds is 4. The van der Waals surface area contributed by atoms with Crippen molar-refractivity contribution in [2.45, 2.75) is 39.5 Å². The summed E-state index contributed by atoms with van der Waals surface area (Å²) in [6.45, 7) is 8.30. The van der Waals surface area contributed by atoms with Gasteiger partial charge in [0, 0.05) is 0 Å². The highest BCUT2D eigenvalue weighted by atomic mass is 19.1. The first-order valence-electron chi connectivity index (χ1n) is 7.41. The van der Waals surface area contributed by atoms with Gasteiger partial charge in [-0.1, -0.05) is 45.9 Å². The van der Waals surface area contributed by atoms with Gasteiger partial charge in [-0.25, -0.2) is 4.39 Å². The molecule has 0 N–H and O–H groups in total. The van der Waals surface area contributed by atoms with E-state index >= 15 is 0 Å².